The van der Waals surface area contributed by atoms with Crippen molar-refractivity contribution in [2.45, 2.75) is 13.5 Å². The highest BCUT2D eigenvalue weighted by atomic mass is 16.4. The number of pyridine rings is 1. The van der Waals surface area contributed by atoms with Gasteiger partial charge in [0.15, 0.2) is 11.2 Å². The topological polar surface area (TPSA) is 54.5 Å². The summed E-state index contributed by atoms with van der Waals surface area (Å²) in [6.07, 6.45) is 1.69. The van der Waals surface area contributed by atoms with Crippen LogP contribution >= 0.6 is 0 Å². The van der Waals surface area contributed by atoms with Crippen molar-refractivity contribution in [2.24, 2.45) is 0 Å². The summed E-state index contributed by atoms with van der Waals surface area (Å²) in [5.74, 6) is -0.327. The molecule has 0 radical (unpaired) electrons. The minimum Gasteiger partial charge on any atom is -0.406 e. The maximum atomic E-state index is 12.0. The molecule has 3 heterocycles. The van der Waals surface area contributed by atoms with E-state index in [0.29, 0.717) is 17.8 Å². The molecule has 0 bridgehead atoms. The Balaban J connectivity index is 1.38. The highest BCUT2D eigenvalue weighted by molar-refractivity contribution is 5.67. The van der Waals surface area contributed by atoms with Crippen molar-refractivity contribution in [2.75, 3.05) is 37.6 Å². The van der Waals surface area contributed by atoms with Crippen molar-refractivity contribution >= 4 is 16.9 Å². The first-order valence-electron chi connectivity index (χ1n) is 8.70. The van der Waals surface area contributed by atoms with Gasteiger partial charge in [-0.3, -0.25) is 9.47 Å². The Labute approximate surface area is 146 Å². The minimum absolute atomic E-state index is 0.327. The predicted molar refractivity (Wildman–Crippen MR) is 98.1 cm³/mol. The molecule has 25 heavy (non-hydrogen) atoms. The van der Waals surface area contributed by atoms with Gasteiger partial charge in [0.05, 0.1) is 0 Å². The lowest BCUT2D eigenvalue weighted by Gasteiger charge is -2.36. The van der Waals surface area contributed by atoms with Gasteiger partial charge in [-0.1, -0.05) is 18.2 Å². The van der Waals surface area contributed by atoms with Gasteiger partial charge in [0.25, 0.3) is 0 Å². The fourth-order valence-corrected chi connectivity index (χ4v) is 3.47. The number of oxazole rings is 1. The summed E-state index contributed by atoms with van der Waals surface area (Å²) in [7, 11) is 0. The van der Waals surface area contributed by atoms with E-state index < -0.39 is 0 Å². The molecule has 6 nitrogen and oxygen atoms in total. The third-order valence-corrected chi connectivity index (χ3v) is 4.89. The Kier molecular flexibility index (Phi) is 4.28. The molecule has 1 aliphatic heterocycles. The van der Waals surface area contributed by atoms with Crippen molar-refractivity contribution < 1.29 is 4.42 Å². The second-order valence-electron chi connectivity index (χ2n) is 6.46. The molecular formula is C19H22N4O2. The first-order valence-corrected chi connectivity index (χ1v) is 8.70. The normalized spacial score (nSPS) is 15.8. The fourth-order valence-electron chi connectivity index (χ4n) is 3.47. The number of para-hydroxylation sites is 1. The van der Waals surface area contributed by atoms with Crippen molar-refractivity contribution in [3.63, 3.8) is 0 Å². The molecular weight excluding hydrogens is 316 g/mol. The summed E-state index contributed by atoms with van der Waals surface area (Å²) in [6.45, 7) is 7.58. The largest absolute Gasteiger partial charge is 0.421 e. The monoisotopic (exact) mass is 338 g/mol. The van der Waals surface area contributed by atoms with Crippen LogP contribution < -0.4 is 10.7 Å². The van der Waals surface area contributed by atoms with Crippen LogP contribution in [0.4, 0.5) is 5.69 Å². The van der Waals surface area contributed by atoms with Gasteiger partial charge in [0, 0.05) is 51.2 Å². The number of benzene rings is 1. The summed E-state index contributed by atoms with van der Waals surface area (Å²) in [6, 6.07) is 12.1. The van der Waals surface area contributed by atoms with E-state index in [9.17, 15) is 4.79 Å². The number of anilines is 1. The van der Waals surface area contributed by atoms with E-state index in [4.69, 9.17) is 4.42 Å². The molecule has 4 rings (SSSR count). The van der Waals surface area contributed by atoms with Gasteiger partial charge >= 0.3 is 5.76 Å². The zero-order chi connectivity index (χ0) is 17.2. The standard InChI is InChI=1S/C19H22N4O2/c1-15-5-2-3-6-16(15)22-12-9-21(10-13-22)11-14-23-18-17(25-19(23)24)7-4-8-20-18/h2-8H,9-14H2,1H3. The van der Waals surface area contributed by atoms with E-state index in [0.717, 1.165) is 32.7 Å². The van der Waals surface area contributed by atoms with Crippen LogP contribution in [0.2, 0.25) is 0 Å². The number of aryl methyl sites for hydroxylation is 1. The van der Waals surface area contributed by atoms with Gasteiger partial charge in [0.2, 0.25) is 0 Å². The lowest BCUT2D eigenvalue weighted by molar-refractivity contribution is 0.246. The first-order chi connectivity index (χ1) is 12.2. The smallest absolute Gasteiger partial charge is 0.406 e. The lowest BCUT2D eigenvalue weighted by Crippen LogP contribution is -2.47. The van der Waals surface area contributed by atoms with Crippen molar-refractivity contribution in [1.29, 1.82) is 0 Å². The van der Waals surface area contributed by atoms with E-state index in [1.165, 1.54) is 11.3 Å². The van der Waals surface area contributed by atoms with Crippen LogP contribution in [0.15, 0.2) is 51.8 Å². The van der Waals surface area contributed by atoms with E-state index in [-0.39, 0.29) is 5.76 Å². The summed E-state index contributed by atoms with van der Waals surface area (Å²) in [5, 5.41) is 0. The maximum absolute atomic E-state index is 12.0. The highest BCUT2D eigenvalue weighted by Gasteiger charge is 2.19. The van der Waals surface area contributed by atoms with Crippen LogP contribution in [-0.2, 0) is 6.54 Å². The number of aromatic nitrogens is 2. The SMILES string of the molecule is Cc1ccccc1N1CCN(CCn2c(=O)oc3cccnc32)CC1. The molecule has 0 spiro atoms. The average Bonchev–Trinajstić information content (AvgIpc) is 2.96. The molecule has 1 fully saturated rings. The number of hydrogen-bond acceptors (Lipinski definition) is 5. The van der Waals surface area contributed by atoms with Crippen LogP contribution in [0.3, 0.4) is 0 Å². The summed E-state index contributed by atoms with van der Waals surface area (Å²) < 4.78 is 6.87. The Bertz CT molecular complexity index is 922. The molecule has 0 atom stereocenters. The molecule has 0 N–H and O–H groups in total. The molecule has 6 heteroatoms. The fraction of sp³-hybridized carbons (Fsp3) is 0.368. The Morgan fingerprint density at radius 2 is 1.84 bits per heavy atom. The molecule has 1 aliphatic rings. The lowest BCUT2D eigenvalue weighted by atomic mass is 10.1. The third-order valence-electron chi connectivity index (χ3n) is 4.89. The second kappa shape index (κ2) is 6.72. The highest BCUT2D eigenvalue weighted by Crippen LogP contribution is 2.20. The molecule has 0 amide bonds. The van der Waals surface area contributed by atoms with Crippen molar-refractivity contribution in [1.82, 2.24) is 14.5 Å². The average molecular weight is 338 g/mol. The number of hydrogen-bond donors (Lipinski definition) is 0. The Hall–Kier alpha value is -2.60. The van der Waals surface area contributed by atoms with Gasteiger partial charge < -0.3 is 9.32 Å². The van der Waals surface area contributed by atoms with Crippen LogP contribution in [0.25, 0.3) is 11.2 Å². The zero-order valence-electron chi connectivity index (χ0n) is 14.4. The van der Waals surface area contributed by atoms with Crippen LogP contribution in [-0.4, -0.2) is 47.2 Å². The van der Waals surface area contributed by atoms with Crippen molar-refractivity contribution in [3.8, 4) is 0 Å². The van der Waals surface area contributed by atoms with Crippen molar-refractivity contribution in [3.05, 3.63) is 58.7 Å². The number of rotatable bonds is 4. The summed E-state index contributed by atoms with van der Waals surface area (Å²) >= 11 is 0. The van der Waals surface area contributed by atoms with Gasteiger partial charge in [-0.05, 0) is 30.7 Å². The Morgan fingerprint density at radius 1 is 1.04 bits per heavy atom. The summed E-state index contributed by atoms with van der Waals surface area (Å²) in [5.41, 5.74) is 3.82. The van der Waals surface area contributed by atoms with Crippen LogP contribution in [0, 0.1) is 6.92 Å². The van der Waals surface area contributed by atoms with E-state index in [1.807, 2.05) is 0 Å². The molecule has 0 saturated carbocycles. The molecule has 1 saturated heterocycles. The number of nitrogens with zero attached hydrogens (tertiary/aromatic N) is 4. The number of fused-ring (bicyclic) bond motifs is 1. The molecule has 3 aromatic rings. The molecule has 130 valence electrons. The van der Waals surface area contributed by atoms with E-state index in [1.54, 1.807) is 22.9 Å². The quantitative estimate of drug-likeness (QED) is 0.729. The number of piperazine rings is 1. The van der Waals surface area contributed by atoms with Crippen LogP contribution in [0.1, 0.15) is 5.56 Å². The van der Waals surface area contributed by atoms with E-state index in [2.05, 4.69) is 46.0 Å². The summed E-state index contributed by atoms with van der Waals surface area (Å²) in [4.78, 5) is 21.1. The predicted octanol–water partition coefficient (Wildman–Crippen LogP) is 2.12. The maximum Gasteiger partial charge on any atom is 0.421 e. The van der Waals surface area contributed by atoms with Crippen LogP contribution in [0.5, 0.6) is 0 Å². The minimum atomic E-state index is -0.327. The van der Waals surface area contributed by atoms with Gasteiger partial charge in [-0.15, -0.1) is 0 Å². The van der Waals surface area contributed by atoms with Gasteiger partial charge in [0.1, 0.15) is 0 Å². The van der Waals surface area contributed by atoms with E-state index >= 15 is 0 Å². The molecule has 2 aromatic heterocycles. The van der Waals surface area contributed by atoms with Gasteiger partial charge in [-0.2, -0.15) is 0 Å². The zero-order valence-corrected chi connectivity index (χ0v) is 14.4. The third kappa shape index (κ3) is 3.17. The second-order valence-corrected chi connectivity index (χ2v) is 6.46. The van der Waals surface area contributed by atoms with Gasteiger partial charge in [-0.25, -0.2) is 9.78 Å². The molecule has 0 unspecified atom stereocenters. The Morgan fingerprint density at radius 3 is 2.64 bits per heavy atom. The molecule has 1 aromatic carbocycles. The first kappa shape index (κ1) is 15.9. The molecule has 0 aliphatic carbocycles.